The molecule has 0 aromatic heterocycles. The van der Waals surface area contributed by atoms with Crippen molar-refractivity contribution in [2.24, 2.45) is 11.7 Å². The Kier molecular flexibility index (Phi) is 5.78. The standard InChI is InChI=1S/C9H16N2OS3/c1-6(8(10)13)9(12)11-4-7-5-14-2-3-15-7/h6-7H,2-5H2,1H3,(H2,10,13)(H,11,12). The fraction of sp³-hybridized carbons (Fsp3) is 0.778. The molecule has 2 unspecified atom stereocenters. The first-order valence-corrected chi connectivity index (χ1v) is 7.49. The second-order valence-corrected chi connectivity index (χ2v) is 6.47. The Hall–Kier alpha value is 0.0600. The number of amides is 1. The number of hydrogen-bond acceptors (Lipinski definition) is 4. The van der Waals surface area contributed by atoms with Crippen molar-refractivity contribution in [3.63, 3.8) is 0 Å². The zero-order valence-corrected chi connectivity index (χ0v) is 11.1. The van der Waals surface area contributed by atoms with Gasteiger partial charge in [-0.25, -0.2) is 0 Å². The van der Waals surface area contributed by atoms with Gasteiger partial charge in [0.25, 0.3) is 0 Å². The Bertz CT molecular complexity index is 242. The topological polar surface area (TPSA) is 55.1 Å². The van der Waals surface area contributed by atoms with Crippen LogP contribution in [0.1, 0.15) is 6.92 Å². The number of nitrogens with one attached hydrogen (secondary N) is 1. The van der Waals surface area contributed by atoms with Crippen LogP contribution in [0.3, 0.4) is 0 Å². The van der Waals surface area contributed by atoms with Crippen LogP contribution in [0.15, 0.2) is 0 Å². The number of rotatable bonds is 4. The highest BCUT2D eigenvalue weighted by Gasteiger charge is 2.18. The lowest BCUT2D eigenvalue weighted by Gasteiger charge is -2.21. The summed E-state index contributed by atoms with van der Waals surface area (Å²) in [5.41, 5.74) is 5.41. The number of nitrogens with two attached hydrogens (primary N) is 1. The Balaban J connectivity index is 2.23. The van der Waals surface area contributed by atoms with Gasteiger partial charge < -0.3 is 11.1 Å². The van der Waals surface area contributed by atoms with E-state index in [2.05, 4.69) is 5.32 Å². The predicted octanol–water partition coefficient (Wildman–Crippen LogP) is 0.873. The Morgan fingerprint density at radius 3 is 2.93 bits per heavy atom. The van der Waals surface area contributed by atoms with E-state index in [1.54, 1.807) is 6.92 Å². The van der Waals surface area contributed by atoms with Gasteiger partial charge in [-0.1, -0.05) is 12.2 Å². The van der Waals surface area contributed by atoms with Crippen LogP contribution in [-0.4, -0.2) is 39.9 Å². The molecule has 0 aromatic rings. The summed E-state index contributed by atoms with van der Waals surface area (Å²) in [5, 5.41) is 3.43. The van der Waals surface area contributed by atoms with Crippen molar-refractivity contribution in [1.82, 2.24) is 5.32 Å². The summed E-state index contributed by atoms with van der Waals surface area (Å²) in [7, 11) is 0. The summed E-state index contributed by atoms with van der Waals surface area (Å²) in [6, 6.07) is 0. The monoisotopic (exact) mass is 264 g/mol. The van der Waals surface area contributed by atoms with Crippen LogP contribution in [0.4, 0.5) is 0 Å². The maximum atomic E-state index is 11.5. The van der Waals surface area contributed by atoms with Gasteiger partial charge in [0, 0.05) is 29.1 Å². The molecule has 0 bridgehead atoms. The van der Waals surface area contributed by atoms with Gasteiger partial charge in [0.05, 0.1) is 10.9 Å². The third-order valence-electron chi connectivity index (χ3n) is 2.21. The third kappa shape index (κ3) is 4.61. The fourth-order valence-corrected chi connectivity index (χ4v) is 3.87. The van der Waals surface area contributed by atoms with E-state index in [-0.39, 0.29) is 16.8 Å². The van der Waals surface area contributed by atoms with Crippen LogP contribution in [0.25, 0.3) is 0 Å². The second-order valence-electron chi connectivity index (χ2n) is 3.44. The zero-order valence-electron chi connectivity index (χ0n) is 8.69. The molecule has 0 aromatic carbocycles. The molecule has 6 heteroatoms. The van der Waals surface area contributed by atoms with Gasteiger partial charge in [0.1, 0.15) is 0 Å². The van der Waals surface area contributed by atoms with Crippen LogP contribution >= 0.6 is 35.7 Å². The van der Waals surface area contributed by atoms with Crippen molar-refractivity contribution < 1.29 is 4.79 Å². The summed E-state index contributed by atoms with van der Waals surface area (Å²) >= 11 is 8.65. The van der Waals surface area contributed by atoms with Crippen molar-refractivity contribution >= 4 is 46.6 Å². The second kappa shape index (κ2) is 6.60. The lowest BCUT2D eigenvalue weighted by atomic mass is 10.1. The van der Waals surface area contributed by atoms with E-state index in [1.807, 2.05) is 23.5 Å². The van der Waals surface area contributed by atoms with E-state index >= 15 is 0 Å². The van der Waals surface area contributed by atoms with Crippen LogP contribution < -0.4 is 11.1 Å². The molecule has 0 spiro atoms. The number of hydrogen-bond donors (Lipinski definition) is 2. The van der Waals surface area contributed by atoms with E-state index in [4.69, 9.17) is 18.0 Å². The molecule has 3 N–H and O–H groups in total. The van der Waals surface area contributed by atoms with E-state index in [9.17, 15) is 4.79 Å². The average molecular weight is 264 g/mol. The van der Waals surface area contributed by atoms with Crippen molar-refractivity contribution in [2.75, 3.05) is 23.8 Å². The maximum absolute atomic E-state index is 11.5. The summed E-state index contributed by atoms with van der Waals surface area (Å²) in [4.78, 5) is 11.8. The first-order chi connectivity index (χ1) is 7.11. The molecule has 1 saturated heterocycles. The molecule has 1 heterocycles. The normalized spacial score (nSPS) is 23.1. The number of thioether (sulfide) groups is 2. The largest absolute Gasteiger partial charge is 0.393 e. The van der Waals surface area contributed by atoms with Gasteiger partial charge in [-0.3, -0.25) is 4.79 Å². The van der Waals surface area contributed by atoms with E-state index < -0.39 is 0 Å². The molecule has 1 aliphatic rings. The smallest absolute Gasteiger partial charge is 0.229 e. The molecule has 2 atom stereocenters. The highest BCUT2D eigenvalue weighted by Crippen LogP contribution is 2.23. The highest BCUT2D eigenvalue weighted by molar-refractivity contribution is 8.06. The van der Waals surface area contributed by atoms with Crippen molar-refractivity contribution in [3.8, 4) is 0 Å². The van der Waals surface area contributed by atoms with E-state index in [0.29, 0.717) is 5.25 Å². The van der Waals surface area contributed by atoms with Crippen LogP contribution in [-0.2, 0) is 4.79 Å². The number of carbonyl (C=O) groups excluding carboxylic acids is 1. The van der Waals surface area contributed by atoms with Crippen LogP contribution in [0, 0.1) is 5.92 Å². The first-order valence-electron chi connectivity index (χ1n) is 4.87. The summed E-state index contributed by atoms with van der Waals surface area (Å²) < 4.78 is 0. The average Bonchev–Trinajstić information content (AvgIpc) is 2.26. The fourth-order valence-electron chi connectivity index (χ4n) is 1.15. The minimum Gasteiger partial charge on any atom is -0.393 e. The van der Waals surface area contributed by atoms with Gasteiger partial charge in [0.15, 0.2) is 0 Å². The first kappa shape index (κ1) is 13.1. The van der Waals surface area contributed by atoms with Gasteiger partial charge in [-0.05, 0) is 6.92 Å². The molecular formula is C9H16N2OS3. The highest BCUT2D eigenvalue weighted by atomic mass is 32.2. The van der Waals surface area contributed by atoms with Gasteiger partial charge in [-0.2, -0.15) is 23.5 Å². The predicted molar refractivity (Wildman–Crippen MR) is 72.5 cm³/mol. The van der Waals surface area contributed by atoms with E-state index in [1.165, 1.54) is 11.5 Å². The third-order valence-corrected chi connectivity index (χ3v) is 5.41. The molecule has 0 saturated carbocycles. The summed E-state index contributed by atoms with van der Waals surface area (Å²) in [6.45, 7) is 2.46. The lowest BCUT2D eigenvalue weighted by Crippen LogP contribution is -2.40. The zero-order chi connectivity index (χ0) is 11.3. The van der Waals surface area contributed by atoms with Gasteiger partial charge in [0.2, 0.25) is 5.91 Å². The molecule has 0 radical (unpaired) electrons. The molecule has 1 aliphatic heterocycles. The quantitative estimate of drug-likeness (QED) is 0.738. The van der Waals surface area contributed by atoms with Crippen molar-refractivity contribution in [3.05, 3.63) is 0 Å². The summed E-state index contributed by atoms with van der Waals surface area (Å²) in [5.74, 6) is 3.10. The molecule has 15 heavy (non-hydrogen) atoms. The number of carbonyl (C=O) groups is 1. The van der Waals surface area contributed by atoms with Crippen molar-refractivity contribution in [1.29, 1.82) is 0 Å². The van der Waals surface area contributed by atoms with Crippen LogP contribution in [0.5, 0.6) is 0 Å². The Morgan fingerprint density at radius 2 is 2.40 bits per heavy atom. The number of thiocarbonyl (C=S) groups is 1. The Labute approximate surface area is 104 Å². The minimum absolute atomic E-state index is 0.0568. The molecule has 1 rings (SSSR count). The lowest BCUT2D eigenvalue weighted by molar-refractivity contribution is -0.122. The molecule has 86 valence electrons. The SMILES string of the molecule is CC(C(=O)NCC1CSCCS1)C(N)=S. The minimum atomic E-state index is -0.360. The van der Waals surface area contributed by atoms with Gasteiger partial charge in [-0.15, -0.1) is 0 Å². The molecular weight excluding hydrogens is 248 g/mol. The summed E-state index contributed by atoms with van der Waals surface area (Å²) in [6.07, 6.45) is 0. The molecule has 0 aliphatic carbocycles. The van der Waals surface area contributed by atoms with Crippen LogP contribution in [0.2, 0.25) is 0 Å². The van der Waals surface area contributed by atoms with Gasteiger partial charge >= 0.3 is 0 Å². The molecule has 3 nitrogen and oxygen atoms in total. The van der Waals surface area contributed by atoms with Crippen molar-refractivity contribution in [2.45, 2.75) is 12.2 Å². The maximum Gasteiger partial charge on any atom is 0.229 e. The van der Waals surface area contributed by atoms with E-state index in [0.717, 1.165) is 12.3 Å². The Morgan fingerprint density at radius 1 is 1.67 bits per heavy atom. The molecule has 1 fully saturated rings. The molecule has 1 amide bonds.